The highest BCUT2D eigenvalue weighted by Crippen LogP contribution is 2.30. The van der Waals surface area contributed by atoms with Gasteiger partial charge in [-0.3, -0.25) is 4.79 Å². The normalized spacial score (nSPS) is 17.7. The van der Waals surface area contributed by atoms with E-state index >= 15 is 0 Å². The van der Waals surface area contributed by atoms with E-state index in [9.17, 15) is 4.79 Å². The van der Waals surface area contributed by atoms with E-state index in [1.54, 1.807) is 18.5 Å². The summed E-state index contributed by atoms with van der Waals surface area (Å²) >= 11 is 6.46. The summed E-state index contributed by atoms with van der Waals surface area (Å²) in [5.41, 5.74) is 1.69. The van der Waals surface area contributed by atoms with Crippen molar-refractivity contribution in [1.82, 2.24) is 14.9 Å². The fourth-order valence-electron chi connectivity index (χ4n) is 3.60. The quantitative estimate of drug-likeness (QED) is 0.830. The Morgan fingerprint density at radius 1 is 0.923 bits per heavy atom. The van der Waals surface area contributed by atoms with Crippen molar-refractivity contribution in [1.29, 1.82) is 0 Å². The van der Waals surface area contributed by atoms with Crippen molar-refractivity contribution in [2.75, 3.05) is 49.1 Å². The van der Waals surface area contributed by atoms with Crippen molar-refractivity contribution in [2.45, 2.75) is 12.8 Å². The first-order chi connectivity index (χ1) is 12.7. The van der Waals surface area contributed by atoms with Gasteiger partial charge >= 0.3 is 0 Å². The fourth-order valence-corrected chi connectivity index (χ4v) is 3.90. The molecule has 0 radical (unpaired) electrons. The Hall–Kier alpha value is -2.34. The van der Waals surface area contributed by atoms with Crippen molar-refractivity contribution in [3.63, 3.8) is 0 Å². The average molecular weight is 372 g/mol. The lowest BCUT2D eigenvalue weighted by molar-refractivity contribution is 0.0746. The van der Waals surface area contributed by atoms with Gasteiger partial charge in [-0.05, 0) is 37.1 Å². The molecule has 0 spiro atoms. The summed E-state index contributed by atoms with van der Waals surface area (Å²) in [5, 5.41) is 0.661. The molecule has 4 rings (SSSR count). The Kier molecular flexibility index (Phi) is 4.93. The molecule has 1 aromatic heterocycles. The van der Waals surface area contributed by atoms with Crippen molar-refractivity contribution in [3.8, 4) is 0 Å². The molecule has 0 saturated carbocycles. The lowest BCUT2D eigenvalue weighted by atomic mass is 10.1. The topological polar surface area (TPSA) is 52.6 Å². The van der Waals surface area contributed by atoms with Gasteiger partial charge in [0.2, 0.25) is 5.95 Å². The summed E-state index contributed by atoms with van der Waals surface area (Å²) in [6, 6.07) is 7.49. The molecule has 1 aromatic carbocycles. The number of aromatic nitrogens is 2. The maximum atomic E-state index is 12.8. The summed E-state index contributed by atoms with van der Waals surface area (Å²) in [6.45, 7) is 4.85. The third kappa shape index (κ3) is 3.46. The third-order valence-corrected chi connectivity index (χ3v) is 5.35. The number of anilines is 2. The summed E-state index contributed by atoms with van der Waals surface area (Å²) in [6.07, 6.45) is 5.88. The van der Waals surface area contributed by atoms with Crippen LogP contribution in [0.1, 0.15) is 23.2 Å². The van der Waals surface area contributed by atoms with Gasteiger partial charge in [0, 0.05) is 57.2 Å². The summed E-state index contributed by atoms with van der Waals surface area (Å²) in [5.74, 6) is 0.756. The van der Waals surface area contributed by atoms with E-state index < -0.39 is 0 Å². The number of amides is 1. The van der Waals surface area contributed by atoms with E-state index in [0.717, 1.165) is 37.8 Å². The van der Waals surface area contributed by atoms with Crippen LogP contribution in [0.3, 0.4) is 0 Å². The molecule has 0 unspecified atom stereocenters. The van der Waals surface area contributed by atoms with Crippen LogP contribution in [-0.2, 0) is 0 Å². The summed E-state index contributed by atoms with van der Waals surface area (Å²) in [7, 11) is 0. The maximum Gasteiger partial charge on any atom is 0.254 e. The predicted octanol–water partition coefficient (Wildman–Crippen LogP) is 2.69. The first-order valence-electron chi connectivity index (χ1n) is 9.08. The van der Waals surface area contributed by atoms with Crippen LogP contribution in [0.5, 0.6) is 0 Å². The van der Waals surface area contributed by atoms with Crippen LogP contribution in [-0.4, -0.2) is 60.0 Å². The van der Waals surface area contributed by atoms with Gasteiger partial charge in [0.15, 0.2) is 0 Å². The number of piperazine rings is 1. The van der Waals surface area contributed by atoms with Crippen LogP contribution >= 0.6 is 11.6 Å². The second-order valence-electron chi connectivity index (χ2n) is 6.69. The highest BCUT2D eigenvalue weighted by molar-refractivity contribution is 6.33. The zero-order valence-corrected chi connectivity index (χ0v) is 15.4. The zero-order chi connectivity index (χ0) is 17.9. The first kappa shape index (κ1) is 17.1. The molecule has 7 heteroatoms. The summed E-state index contributed by atoms with van der Waals surface area (Å²) in [4.78, 5) is 27.7. The number of nitrogens with zero attached hydrogens (tertiary/aromatic N) is 5. The smallest absolute Gasteiger partial charge is 0.254 e. The number of hydrogen-bond donors (Lipinski definition) is 0. The molecule has 26 heavy (non-hydrogen) atoms. The molecule has 136 valence electrons. The second kappa shape index (κ2) is 7.50. The van der Waals surface area contributed by atoms with Crippen LogP contribution in [0.4, 0.5) is 11.6 Å². The molecule has 0 bridgehead atoms. The number of carbonyl (C=O) groups excluding carboxylic acids is 1. The Labute approximate surface area is 158 Å². The van der Waals surface area contributed by atoms with Gasteiger partial charge in [0.1, 0.15) is 0 Å². The zero-order valence-electron chi connectivity index (χ0n) is 14.6. The van der Waals surface area contributed by atoms with E-state index in [0.29, 0.717) is 23.7 Å². The van der Waals surface area contributed by atoms with Crippen LogP contribution < -0.4 is 9.80 Å². The third-order valence-electron chi connectivity index (χ3n) is 5.04. The number of benzene rings is 1. The molecule has 2 saturated heterocycles. The predicted molar refractivity (Wildman–Crippen MR) is 103 cm³/mol. The Morgan fingerprint density at radius 2 is 1.62 bits per heavy atom. The van der Waals surface area contributed by atoms with Gasteiger partial charge in [0.05, 0.1) is 10.7 Å². The summed E-state index contributed by atoms with van der Waals surface area (Å²) < 4.78 is 0. The van der Waals surface area contributed by atoms with E-state index in [1.807, 2.05) is 23.1 Å². The Morgan fingerprint density at radius 3 is 2.27 bits per heavy atom. The van der Waals surface area contributed by atoms with E-state index in [-0.39, 0.29) is 5.91 Å². The van der Waals surface area contributed by atoms with Crippen LogP contribution in [0.25, 0.3) is 0 Å². The molecule has 0 N–H and O–H groups in total. The molecule has 0 atom stereocenters. The monoisotopic (exact) mass is 371 g/mol. The molecule has 2 aromatic rings. The van der Waals surface area contributed by atoms with Crippen molar-refractivity contribution in [2.24, 2.45) is 0 Å². The van der Waals surface area contributed by atoms with Gasteiger partial charge in [-0.2, -0.15) is 0 Å². The molecule has 2 aliphatic heterocycles. The van der Waals surface area contributed by atoms with Gasteiger partial charge < -0.3 is 14.7 Å². The van der Waals surface area contributed by atoms with Crippen molar-refractivity contribution >= 4 is 29.1 Å². The van der Waals surface area contributed by atoms with Gasteiger partial charge in [-0.1, -0.05) is 11.6 Å². The molecule has 0 aliphatic carbocycles. The minimum atomic E-state index is 0.0356. The standard InChI is InChI=1S/C19H22ClN5O/c20-16-14-15(4-5-17(16)23-8-1-2-9-23)18(26)24-10-12-25(13-11-24)19-21-6-3-7-22-19/h3-7,14H,1-2,8-13H2. The van der Waals surface area contributed by atoms with E-state index in [4.69, 9.17) is 11.6 Å². The lowest BCUT2D eigenvalue weighted by Crippen LogP contribution is -2.49. The number of carbonyl (C=O) groups is 1. The first-order valence-corrected chi connectivity index (χ1v) is 9.46. The minimum absolute atomic E-state index is 0.0356. The number of hydrogen-bond acceptors (Lipinski definition) is 5. The Bertz CT molecular complexity index is 771. The van der Waals surface area contributed by atoms with Gasteiger partial charge in [-0.15, -0.1) is 0 Å². The molecule has 3 heterocycles. The SMILES string of the molecule is O=C(c1ccc(N2CCCC2)c(Cl)c1)N1CCN(c2ncccn2)CC1. The molecule has 1 amide bonds. The van der Waals surface area contributed by atoms with E-state index in [2.05, 4.69) is 19.8 Å². The van der Waals surface area contributed by atoms with Crippen LogP contribution in [0.15, 0.2) is 36.7 Å². The number of halogens is 1. The highest BCUT2D eigenvalue weighted by atomic mass is 35.5. The Balaban J connectivity index is 1.41. The van der Waals surface area contributed by atoms with Gasteiger partial charge in [0.25, 0.3) is 5.91 Å². The molecule has 2 fully saturated rings. The second-order valence-corrected chi connectivity index (χ2v) is 7.10. The molecular weight excluding hydrogens is 350 g/mol. The minimum Gasteiger partial charge on any atom is -0.370 e. The van der Waals surface area contributed by atoms with Crippen LogP contribution in [0, 0.1) is 0 Å². The van der Waals surface area contributed by atoms with Crippen molar-refractivity contribution in [3.05, 3.63) is 47.2 Å². The molecule has 6 nitrogen and oxygen atoms in total. The largest absolute Gasteiger partial charge is 0.370 e. The fraction of sp³-hybridized carbons (Fsp3) is 0.421. The van der Waals surface area contributed by atoms with Gasteiger partial charge in [-0.25, -0.2) is 9.97 Å². The molecule has 2 aliphatic rings. The van der Waals surface area contributed by atoms with E-state index in [1.165, 1.54) is 12.8 Å². The highest BCUT2D eigenvalue weighted by Gasteiger charge is 2.24. The van der Waals surface area contributed by atoms with Crippen LogP contribution in [0.2, 0.25) is 5.02 Å². The lowest BCUT2D eigenvalue weighted by Gasteiger charge is -2.34. The number of rotatable bonds is 3. The van der Waals surface area contributed by atoms with Crippen molar-refractivity contribution < 1.29 is 4.79 Å². The molecular formula is C19H22ClN5O. The maximum absolute atomic E-state index is 12.8. The average Bonchev–Trinajstić information content (AvgIpc) is 3.22.